The maximum Gasteiger partial charge on any atom is 0.137 e. The van der Waals surface area contributed by atoms with Crippen molar-refractivity contribution in [1.29, 1.82) is 0 Å². The first-order valence-electron chi connectivity index (χ1n) is 3.97. The lowest BCUT2D eigenvalue weighted by Gasteiger charge is -2.03. The highest BCUT2D eigenvalue weighted by Crippen LogP contribution is 2.10. The number of phenols is 1. The summed E-state index contributed by atoms with van der Waals surface area (Å²) in [6, 6.07) is 6.20. The van der Waals surface area contributed by atoms with Crippen LogP contribution in [0.15, 0.2) is 24.3 Å². The number of benzene rings is 1. The van der Waals surface area contributed by atoms with Crippen LogP contribution in [0.1, 0.15) is 5.56 Å². The van der Waals surface area contributed by atoms with E-state index in [2.05, 4.69) is 5.90 Å². The quantitative estimate of drug-likeness (QED) is 0.397. The van der Waals surface area contributed by atoms with Crippen molar-refractivity contribution in [2.45, 2.75) is 12.5 Å². The Labute approximate surface area is 81.9 Å². The Morgan fingerprint density at radius 1 is 1.29 bits per heavy atom. The van der Waals surface area contributed by atoms with Gasteiger partial charge in [-0.3, -0.25) is 0 Å². The first kappa shape index (κ1) is 12.6. The highest BCUT2D eigenvalue weighted by molar-refractivity contribution is 5.57. The third kappa shape index (κ3) is 4.56. The summed E-state index contributed by atoms with van der Waals surface area (Å²) in [5, 5.41) is 15.4. The van der Waals surface area contributed by atoms with E-state index in [0.717, 1.165) is 5.56 Å². The van der Waals surface area contributed by atoms with E-state index in [1.807, 2.05) is 0 Å². The molecule has 0 fully saturated rings. The molecule has 0 aliphatic rings. The van der Waals surface area contributed by atoms with Crippen molar-refractivity contribution in [2.75, 3.05) is 0 Å². The van der Waals surface area contributed by atoms with Gasteiger partial charge >= 0.3 is 0 Å². The lowest BCUT2D eigenvalue weighted by atomic mass is 10.1. The second-order valence-corrected chi connectivity index (χ2v) is 2.67. The smallest absolute Gasteiger partial charge is 0.137 e. The third-order valence-electron chi connectivity index (χ3n) is 1.58. The van der Waals surface area contributed by atoms with E-state index < -0.39 is 6.04 Å². The molecule has 0 aliphatic carbocycles. The molecule has 0 amide bonds. The van der Waals surface area contributed by atoms with Gasteiger partial charge in [-0.25, -0.2) is 5.90 Å². The summed E-state index contributed by atoms with van der Waals surface area (Å²) in [7, 11) is 0. The number of carbonyl (C=O) groups is 1. The molecule has 14 heavy (non-hydrogen) atoms. The van der Waals surface area contributed by atoms with Crippen LogP contribution in [0.3, 0.4) is 0 Å². The lowest BCUT2D eigenvalue weighted by molar-refractivity contribution is -0.108. The summed E-state index contributed by atoms with van der Waals surface area (Å²) in [6.45, 7) is 0. The first-order chi connectivity index (χ1) is 6.72. The Morgan fingerprint density at radius 2 is 1.79 bits per heavy atom. The molecule has 0 aliphatic heterocycles. The molecule has 5 nitrogen and oxygen atoms in total. The molecule has 0 saturated carbocycles. The number of carbonyl (C=O) groups excluding carboxylic acids is 1. The Bertz CT molecular complexity index is 261. The van der Waals surface area contributed by atoms with Gasteiger partial charge in [-0.2, -0.15) is 0 Å². The summed E-state index contributed by atoms with van der Waals surface area (Å²) >= 11 is 0. The fourth-order valence-corrected chi connectivity index (χ4v) is 0.952. The van der Waals surface area contributed by atoms with Crippen LogP contribution >= 0.6 is 0 Å². The summed E-state index contributed by atoms with van der Waals surface area (Å²) in [6.07, 6.45) is 1.23. The van der Waals surface area contributed by atoms with Crippen molar-refractivity contribution in [2.24, 2.45) is 11.6 Å². The van der Waals surface area contributed by atoms with Gasteiger partial charge in [-0.15, -0.1) is 0 Å². The molecule has 6 N–H and O–H groups in total. The van der Waals surface area contributed by atoms with Crippen LogP contribution in [0.4, 0.5) is 0 Å². The number of rotatable bonds is 3. The number of phenolic OH excluding ortho intramolecular Hbond substituents is 1. The van der Waals surface area contributed by atoms with Crippen molar-refractivity contribution in [3.8, 4) is 5.75 Å². The van der Waals surface area contributed by atoms with Gasteiger partial charge in [0.1, 0.15) is 12.0 Å². The van der Waals surface area contributed by atoms with Crippen molar-refractivity contribution in [3.05, 3.63) is 29.8 Å². The van der Waals surface area contributed by atoms with Gasteiger partial charge in [0.15, 0.2) is 0 Å². The van der Waals surface area contributed by atoms with Crippen LogP contribution in [-0.4, -0.2) is 22.6 Å². The van der Waals surface area contributed by atoms with Crippen LogP contribution in [0.25, 0.3) is 0 Å². The van der Waals surface area contributed by atoms with Gasteiger partial charge in [-0.1, -0.05) is 12.1 Å². The Kier molecular flexibility index (Phi) is 6.30. The molecule has 0 spiro atoms. The van der Waals surface area contributed by atoms with E-state index in [1.54, 1.807) is 24.3 Å². The number of aldehydes is 1. The molecule has 1 aromatic carbocycles. The van der Waals surface area contributed by atoms with E-state index in [1.165, 1.54) is 0 Å². The molecular weight excluding hydrogens is 184 g/mol. The molecular formula is C9H14N2O3. The van der Waals surface area contributed by atoms with Gasteiger partial charge in [0.25, 0.3) is 0 Å². The zero-order chi connectivity index (χ0) is 11.0. The van der Waals surface area contributed by atoms with Crippen LogP contribution in [0, 0.1) is 0 Å². The molecule has 0 radical (unpaired) electrons. The normalized spacial score (nSPS) is 11.1. The summed E-state index contributed by atoms with van der Waals surface area (Å²) in [5.74, 6) is 3.72. The maximum absolute atomic E-state index is 10.2. The standard InChI is InChI=1S/C9H11NO2.H3NO/c10-8(6-11)5-7-1-3-9(12)4-2-7;1-2/h1-4,6,8,12H,5,10H2;2H,1H2/t8-;/m1./s1. The van der Waals surface area contributed by atoms with E-state index in [9.17, 15) is 4.79 Å². The molecule has 0 heterocycles. The van der Waals surface area contributed by atoms with E-state index in [4.69, 9.17) is 16.0 Å². The summed E-state index contributed by atoms with van der Waals surface area (Å²) in [4.78, 5) is 10.2. The Morgan fingerprint density at radius 3 is 2.21 bits per heavy atom. The topological polar surface area (TPSA) is 110 Å². The monoisotopic (exact) mass is 198 g/mol. The van der Waals surface area contributed by atoms with Gasteiger partial charge in [-0.05, 0) is 24.1 Å². The average molecular weight is 198 g/mol. The van der Waals surface area contributed by atoms with Gasteiger partial charge < -0.3 is 20.8 Å². The first-order valence-corrected chi connectivity index (χ1v) is 3.97. The molecule has 1 rings (SSSR count). The van der Waals surface area contributed by atoms with Crippen LogP contribution in [0.5, 0.6) is 5.75 Å². The van der Waals surface area contributed by atoms with Crippen LogP contribution in [0.2, 0.25) is 0 Å². The molecule has 0 unspecified atom stereocenters. The van der Waals surface area contributed by atoms with E-state index in [0.29, 0.717) is 12.7 Å². The van der Waals surface area contributed by atoms with Crippen molar-refractivity contribution < 1.29 is 15.1 Å². The van der Waals surface area contributed by atoms with Crippen molar-refractivity contribution >= 4 is 6.29 Å². The van der Waals surface area contributed by atoms with Crippen molar-refractivity contribution in [1.82, 2.24) is 0 Å². The maximum atomic E-state index is 10.2. The molecule has 1 aromatic rings. The highest BCUT2D eigenvalue weighted by Gasteiger charge is 2.00. The molecule has 0 saturated heterocycles. The zero-order valence-corrected chi connectivity index (χ0v) is 7.63. The SMILES string of the molecule is NO.N[C@@H](C=O)Cc1ccc(O)cc1. The largest absolute Gasteiger partial charge is 0.508 e. The molecule has 1 atom stereocenters. The average Bonchev–Trinajstić information content (AvgIpc) is 2.24. The predicted molar refractivity (Wildman–Crippen MR) is 51.8 cm³/mol. The van der Waals surface area contributed by atoms with Gasteiger partial charge in [0, 0.05) is 0 Å². The number of aromatic hydroxyl groups is 1. The summed E-state index contributed by atoms with van der Waals surface area (Å²) < 4.78 is 0. The third-order valence-corrected chi connectivity index (χ3v) is 1.58. The van der Waals surface area contributed by atoms with Crippen LogP contribution < -0.4 is 11.6 Å². The second-order valence-electron chi connectivity index (χ2n) is 2.67. The van der Waals surface area contributed by atoms with Gasteiger partial charge in [0.05, 0.1) is 6.04 Å². The number of nitrogens with two attached hydrogens (primary N) is 2. The number of hydrogen-bond donors (Lipinski definition) is 4. The van der Waals surface area contributed by atoms with Gasteiger partial charge in [0.2, 0.25) is 0 Å². The molecule has 0 aromatic heterocycles. The molecule has 5 heteroatoms. The highest BCUT2D eigenvalue weighted by atomic mass is 16.4. The number of hydrogen-bond acceptors (Lipinski definition) is 5. The van der Waals surface area contributed by atoms with Crippen molar-refractivity contribution in [3.63, 3.8) is 0 Å². The minimum atomic E-state index is -0.449. The zero-order valence-electron chi connectivity index (χ0n) is 7.63. The second kappa shape index (κ2) is 7.02. The van der Waals surface area contributed by atoms with E-state index >= 15 is 0 Å². The molecule has 0 bridgehead atoms. The fourth-order valence-electron chi connectivity index (χ4n) is 0.952. The summed E-state index contributed by atoms with van der Waals surface area (Å²) in [5.41, 5.74) is 6.36. The minimum absolute atomic E-state index is 0.221. The minimum Gasteiger partial charge on any atom is -0.508 e. The lowest BCUT2D eigenvalue weighted by Crippen LogP contribution is -2.23. The predicted octanol–water partition coefficient (Wildman–Crippen LogP) is -0.205. The Balaban J connectivity index is 0.000000791. The van der Waals surface area contributed by atoms with E-state index in [-0.39, 0.29) is 5.75 Å². The van der Waals surface area contributed by atoms with Crippen LogP contribution in [-0.2, 0) is 11.2 Å². The fraction of sp³-hybridized carbons (Fsp3) is 0.222. The Hall–Kier alpha value is -1.43. The molecule has 78 valence electrons.